The Balaban J connectivity index is 1.41. The molecule has 1 fully saturated rings. The molecular formula is C28H26F3NO5S. The Kier molecular flexibility index (Phi) is 8.23. The van der Waals surface area contributed by atoms with Crippen molar-refractivity contribution in [3.8, 4) is 11.5 Å². The van der Waals surface area contributed by atoms with Crippen molar-refractivity contribution in [3.63, 3.8) is 0 Å². The maximum Gasteiger partial charge on any atom is 0.416 e. The number of carbonyl (C=O) groups is 1. The van der Waals surface area contributed by atoms with Crippen LogP contribution in [0.2, 0.25) is 0 Å². The van der Waals surface area contributed by atoms with E-state index in [1.54, 1.807) is 30.3 Å². The van der Waals surface area contributed by atoms with E-state index >= 15 is 0 Å². The maximum atomic E-state index is 12.9. The van der Waals surface area contributed by atoms with Gasteiger partial charge in [0.15, 0.2) is 17.3 Å². The van der Waals surface area contributed by atoms with Crippen LogP contribution in [0, 0.1) is 0 Å². The summed E-state index contributed by atoms with van der Waals surface area (Å²) in [6, 6.07) is 15.7. The predicted molar refractivity (Wildman–Crippen MR) is 137 cm³/mol. The summed E-state index contributed by atoms with van der Waals surface area (Å²) in [5.74, 6) is 0.380. The zero-order valence-corrected chi connectivity index (χ0v) is 21.4. The first kappa shape index (κ1) is 27.4. The number of hydrogen-bond acceptors (Lipinski definition) is 5. The van der Waals surface area contributed by atoms with E-state index in [1.165, 1.54) is 47.8 Å². The minimum atomic E-state index is -4.44. The molecule has 0 aliphatic carbocycles. The lowest BCUT2D eigenvalue weighted by molar-refractivity contribution is -0.137. The Morgan fingerprint density at radius 2 is 1.68 bits per heavy atom. The molecule has 3 aromatic carbocycles. The van der Waals surface area contributed by atoms with Crippen LogP contribution in [-0.2, 0) is 22.8 Å². The first-order chi connectivity index (χ1) is 18.1. The molecule has 0 spiro atoms. The predicted octanol–water partition coefficient (Wildman–Crippen LogP) is 5.97. The van der Waals surface area contributed by atoms with Gasteiger partial charge in [-0.2, -0.15) is 17.5 Å². The highest BCUT2D eigenvalue weighted by Gasteiger charge is 2.30. The molecule has 0 bridgehead atoms. The van der Waals surface area contributed by atoms with Crippen molar-refractivity contribution in [2.75, 3.05) is 20.2 Å². The fourth-order valence-corrected chi connectivity index (χ4v) is 5.56. The molecule has 0 aromatic heterocycles. The molecule has 4 rings (SSSR count). The van der Waals surface area contributed by atoms with Crippen molar-refractivity contribution in [1.29, 1.82) is 0 Å². The van der Waals surface area contributed by atoms with Gasteiger partial charge >= 0.3 is 6.18 Å². The summed E-state index contributed by atoms with van der Waals surface area (Å²) in [4.78, 5) is 12.8. The first-order valence-corrected chi connectivity index (χ1v) is 13.3. The number of nitrogens with zero attached hydrogens (tertiary/aromatic N) is 1. The van der Waals surface area contributed by atoms with Gasteiger partial charge in [0.25, 0.3) is 0 Å². The van der Waals surface area contributed by atoms with Gasteiger partial charge in [0.2, 0.25) is 10.0 Å². The SMILES string of the molecule is COc1cc(/C=C/C(=O)c2ccc(S(=O)(=O)N3CCCC3)cc2)ccc1OCc1cccc(C(F)(F)F)c1. The average molecular weight is 546 g/mol. The lowest BCUT2D eigenvalue weighted by Gasteiger charge is -2.15. The van der Waals surface area contributed by atoms with Gasteiger partial charge in [-0.15, -0.1) is 0 Å². The Bertz CT molecular complexity index is 1430. The third-order valence-corrected chi connectivity index (χ3v) is 8.02. The third-order valence-electron chi connectivity index (χ3n) is 6.11. The van der Waals surface area contributed by atoms with Crippen LogP contribution in [0.15, 0.2) is 77.7 Å². The maximum absolute atomic E-state index is 12.9. The van der Waals surface area contributed by atoms with Crippen LogP contribution in [0.1, 0.15) is 39.9 Å². The smallest absolute Gasteiger partial charge is 0.416 e. The summed E-state index contributed by atoms with van der Waals surface area (Å²) in [5.41, 5.74) is 0.582. The Hall–Kier alpha value is -3.63. The van der Waals surface area contributed by atoms with Gasteiger partial charge in [-0.25, -0.2) is 8.42 Å². The quantitative estimate of drug-likeness (QED) is 0.245. The molecule has 0 N–H and O–H groups in total. The normalized spacial score (nSPS) is 14.6. The number of halogens is 3. The highest BCUT2D eigenvalue weighted by molar-refractivity contribution is 7.89. The molecule has 0 saturated carbocycles. The fourth-order valence-electron chi connectivity index (χ4n) is 4.04. The second kappa shape index (κ2) is 11.4. The number of sulfonamides is 1. The van der Waals surface area contributed by atoms with E-state index in [9.17, 15) is 26.4 Å². The lowest BCUT2D eigenvalue weighted by atomic mass is 10.1. The summed E-state index contributed by atoms with van der Waals surface area (Å²) in [7, 11) is -2.12. The molecule has 3 aromatic rings. The first-order valence-electron chi connectivity index (χ1n) is 11.9. The summed E-state index contributed by atoms with van der Waals surface area (Å²) in [6.07, 6.45) is 0.188. The van der Waals surface area contributed by atoms with Gasteiger partial charge in [-0.05, 0) is 78.6 Å². The number of carbonyl (C=O) groups excluding carboxylic acids is 1. The van der Waals surface area contributed by atoms with Crippen LogP contribution in [0.3, 0.4) is 0 Å². The van der Waals surface area contributed by atoms with Gasteiger partial charge in [-0.1, -0.05) is 24.3 Å². The van der Waals surface area contributed by atoms with Crippen LogP contribution in [0.4, 0.5) is 13.2 Å². The number of hydrogen-bond donors (Lipinski definition) is 0. The fraction of sp³-hybridized carbons (Fsp3) is 0.250. The van der Waals surface area contributed by atoms with Crippen LogP contribution in [-0.4, -0.2) is 38.7 Å². The standard InChI is InChI=1S/C28H26F3NO5S/c1-36-27-18-20(8-14-26(27)37-19-21-5-4-6-23(17-21)28(29,30)31)7-13-25(33)22-9-11-24(12-10-22)38(34,35)32-15-2-3-16-32/h4-14,17-18H,2-3,15-16,19H2,1H3/b13-7+. The largest absolute Gasteiger partial charge is 0.493 e. The number of methoxy groups -OCH3 is 1. The van der Waals surface area contributed by atoms with Gasteiger partial charge in [0, 0.05) is 18.7 Å². The van der Waals surface area contributed by atoms with Crippen molar-refractivity contribution in [2.24, 2.45) is 0 Å². The zero-order chi connectivity index (χ0) is 27.3. The summed E-state index contributed by atoms with van der Waals surface area (Å²) in [6.45, 7) is 0.923. The van der Waals surface area contributed by atoms with Crippen LogP contribution in [0.5, 0.6) is 11.5 Å². The van der Waals surface area contributed by atoms with Gasteiger partial charge in [0.1, 0.15) is 6.61 Å². The lowest BCUT2D eigenvalue weighted by Crippen LogP contribution is -2.27. The van der Waals surface area contributed by atoms with Crippen molar-refractivity contribution in [3.05, 3.63) is 95.1 Å². The van der Waals surface area contributed by atoms with Crippen LogP contribution < -0.4 is 9.47 Å². The Morgan fingerprint density at radius 3 is 2.34 bits per heavy atom. The van der Waals surface area contributed by atoms with E-state index < -0.39 is 21.8 Å². The summed E-state index contributed by atoms with van der Waals surface area (Å²) in [5, 5.41) is 0. The van der Waals surface area contributed by atoms with E-state index in [4.69, 9.17) is 9.47 Å². The monoisotopic (exact) mass is 545 g/mol. The van der Waals surface area contributed by atoms with Crippen molar-refractivity contribution < 1.29 is 35.9 Å². The third kappa shape index (κ3) is 6.43. The second-order valence-corrected chi connectivity index (χ2v) is 10.7. The van der Waals surface area contributed by atoms with Gasteiger partial charge in [0.05, 0.1) is 17.6 Å². The van der Waals surface area contributed by atoms with Crippen molar-refractivity contribution >= 4 is 21.9 Å². The zero-order valence-electron chi connectivity index (χ0n) is 20.6. The Labute approximate surface area is 219 Å². The number of allylic oxidation sites excluding steroid dienone is 1. The van der Waals surface area contributed by atoms with Gasteiger partial charge in [-0.3, -0.25) is 4.79 Å². The van der Waals surface area contributed by atoms with Crippen LogP contribution >= 0.6 is 0 Å². The molecule has 200 valence electrons. The van der Waals surface area contributed by atoms with Gasteiger partial charge < -0.3 is 9.47 Å². The average Bonchev–Trinajstić information content (AvgIpc) is 3.47. The number of benzene rings is 3. The van der Waals surface area contributed by atoms with E-state index in [-0.39, 0.29) is 17.3 Å². The molecule has 6 nitrogen and oxygen atoms in total. The highest BCUT2D eigenvalue weighted by Crippen LogP contribution is 2.32. The number of alkyl halides is 3. The van der Waals surface area contributed by atoms with E-state index in [0.29, 0.717) is 41.3 Å². The van der Waals surface area contributed by atoms with Crippen molar-refractivity contribution in [1.82, 2.24) is 4.31 Å². The number of rotatable bonds is 9. The van der Waals surface area contributed by atoms with E-state index in [1.807, 2.05) is 0 Å². The molecule has 1 aliphatic heterocycles. The molecule has 10 heteroatoms. The number of ether oxygens (including phenoxy) is 2. The van der Waals surface area contributed by atoms with E-state index in [0.717, 1.165) is 25.0 Å². The molecule has 0 radical (unpaired) electrons. The van der Waals surface area contributed by atoms with Crippen molar-refractivity contribution in [2.45, 2.75) is 30.5 Å². The summed E-state index contributed by atoms with van der Waals surface area (Å²) < 4.78 is 76.6. The van der Waals surface area contributed by atoms with Crippen LogP contribution in [0.25, 0.3) is 6.08 Å². The molecule has 1 saturated heterocycles. The molecule has 1 aliphatic rings. The second-order valence-electron chi connectivity index (χ2n) is 8.73. The molecule has 0 unspecified atom stereocenters. The molecule has 0 atom stereocenters. The number of ketones is 1. The topological polar surface area (TPSA) is 72.9 Å². The molecule has 0 amide bonds. The van der Waals surface area contributed by atoms with E-state index in [2.05, 4.69) is 0 Å². The summed E-state index contributed by atoms with van der Waals surface area (Å²) >= 11 is 0. The molecule has 38 heavy (non-hydrogen) atoms. The Morgan fingerprint density at radius 1 is 0.974 bits per heavy atom. The minimum absolute atomic E-state index is 0.0859. The molecule has 1 heterocycles. The highest BCUT2D eigenvalue weighted by atomic mass is 32.2. The molecular weight excluding hydrogens is 519 g/mol. The minimum Gasteiger partial charge on any atom is -0.493 e.